The minimum Gasteiger partial charge on any atom is -0.455 e. The Morgan fingerprint density at radius 1 is 0.964 bits per heavy atom. The normalized spacial score (nSPS) is 30.8. The summed E-state index contributed by atoms with van der Waals surface area (Å²) in [5.41, 5.74) is 0.296. The van der Waals surface area contributed by atoms with Crippen LogP contribution in [-0.4, -0.2) is 24.8 Å². The quantitative estimate of drug-likeness (QED) is 0.759. The lowest BCUT2D eigenvalue weighted by Crippen LogP contribution is -2.48. The van der Waals surface area contributed by atoms with E-state index in [0.717, 1.165) is 49.7 Å². The first-order chi connectivity index (χ1) is 13.3. The van der Waals surface area contributed by atoms with Crippen LogP contribution in [0.5, 0.6) is 5.75 Å². The predicted octanol–water partition coefficient (Wildman–Crippen LogP) is 4.14. The largest absolute Gasteiger partial charge is 0.573 e. The number of nitrogens with one attached hydrogen (secondary N) is 1. The molecule has 1 N–H and O–H groups in total. The standard InChI is InChI=1S/C20H22F3NO4/c21-20(22,23)28-16-3-1-15(2-4-16)24-17(25)10-27-19(26)18-13-6-11-5-12(8-13)9-14(18)7-11/h1-4,11-14,18H,5-10H2,(H,24,25). The smallest absolute Gasteiger partial charge is 0.455 e. The Kier molecular flexibility index (Phi) is 4.97. The highest BCUT2D eigenvalue weighted by Gasteiger charge is 2.51. The SMILES string of the molecule is O=C(COC(=O)C1C2CC3CC(C2)CC1C3)Nc1ccc(OC(F)(F)F)cc1. The molecule has 0 saturated heterocycles. The molecule has 0 heterocycles. The van der Waals surface area contributed by atoms with E-state index in [2.05, 4.69) is 10.1 Å². The van der Waals surface area contributed by atoms with Crippen molar-refractivity contribution in [2.45, 2.75) is 38.5 Å². The van der Waals surface area contributed by atoms with Crippen LogP contribution in [0.2, 0.25) is 0 Å². The van der Waals surface area contributed by atoms with Gasteiger partial charge < -0.3 is 14.8 Å². The van der Waals surface area contributed by atoms with Crippen molar-refractivity contribution in [1.82, 2.24) is 0 Å². The molecule has 4 aliphatic rings. The molecule has 1 aromatic rings. The van der Waals surface area contributed by atoms with Crippen molar-refractivity contribution in [1.29, 1.82) is 0 Å². The number of anilines is 1. The van der Waals surface area contributed by atoms with E-state index in [4.69, 9.17) is 4.74 Å². The number of hydrogen-bond acceptors (Lipinski definition) is 4. The number of rotatable bonds is 5. The third kappa shape index (κ3) is 4.25. The molecule has 152 valence electrons. The molecule has 4 aliphatic carbocycles. The Morgan fingerprint density at radius 2 is 1.54 bits per heavy atom. The molecule has 0 aromatic heterocycles. The van der Waals surface area contributed by atoms with Crippen LogP contribution in [0.4, 0.5) is 18.9 Å². The van der Waals surface area contributed by atoms with Gasteiger partial charge in [0.25, 0.3) is 5.91 Å². The highest BCUT2D eigenvalue weighted by molar-refractivity contribution is 5.93. The topological polar surface area (TPSA) is 64.6 Å². The monoisotopic (exact) mass is 397 g/mol. The zero-order valence-electron chi connectivity index (χ0n) is 15.2. The fourth-order valence-corrected chi connectivity index (χ4v) is 5.48. The molecule has 0 aliphatic heterocycles. The van der Waals surface area contributed by atoms with E-state index < -0.39 is 18.9 Å². The van der Waals surface area contributed by atoms with Gasteiger partial charge in [0, 0.05) is 5.69 Å². The van der Waals surface area contributed by atoms with Gasteiger partial charge in [-0.3, -0.25) is 9.59 Å². The molecule has 4 saturated carbocycles. The summed E-state index contributed by atoms with van der Waals surface area (Å²) in [5, 5.41) is 2.50. The van der Waals surface area contributed by atoms with Gasteiger partial charge in [0.15, 0.2) is 6.61 Å². The van der Waals surface area contributed by atoms with Crippen LogP contribution in [0.15, 0.2) is 24.3 Å². The molecule has 0 unspecified atom stereocenters. The van der Waals surface area contributed by atoms with Crippen molar-refractivity contribution in [3.8, 4) is 5.75 Å². The second-order valence-electron chi connectivity index (χ2n) is 8.18. The molecule has 8 heteroatoms. The summed E-state index contributed by atoms with van der Waals surface area (Å²) in [6.45, 7) is -0.400. The van der Waals surface area contributed by atoms with Crippen LogP contribution >= 0.6 is 0 Å². The lowest BCUT2D eigenvalue weighted by molar-refractivity contribution is -0.274. The van der Waals surface area contributed by atoms with Crippen LogP contribution in [0.1, 0.15) is 32.1 Å². The Bertz CT molecular complexity index is 719. The van der Waals surface area contributed by atoms with E-state index >= 15 is 0 Å². The van der Waals surface area contributed by atoms with Crippen molar-refractivity contribution < 1.29 is 32.2 Å². The van der Waals surface area contributed by atoms with Gasteiger partial charge in [-0.1, -0.05) is 0 Å². The van der Waals surface area contributed by atoms with Crippen LogP contribution in [0.25, 0.3) is 0 Å². The molecule has 28 heavy (non-hydrogen) atoms. The maximum atomic E-state index is 12.5. The first-order valence-corrected chi connectivity index (χ1v) is 9.59. The second-order valence-corrected chi connectivity index (χ2v) is 8.18. The molecule has 0 spiro atoms. The van der Waals surface area contributed by atoms with Gasteiger partial charge in [-0.2, -0.15) is 0 Å². The zero-order chi connectivity index (χ0) is 19.9. The number of benzene rings is 1. The van der Waals surface area contributed by atoms with Crippen LogP contribution < -0.4 is 10.1 Å². The summed E-state index contributed by atoms with van der Waals surface area (Å²) in [5.74, 6) is 0.969. The van der Waals surface area contributed by atoms with Gasteiger partial charge in [-0.15, -0.1) is 13.2 Å². The van der Waals surface area contributed by atoms with Crippen LogP contribution in [0, 0.1) is 29.6 Å². The Balaban J connectivity index is 1.26. The van der Waals surface area contributed by atoms with Gasteiger partial charge in [0.1, 0.15) is 5.75 Å². The lowest BCUT2D eigenvalue weighted by atomic mass is 9.52. The van der Waals surface area contributed by atoms with E-state index in [0.29, 0.717) is 17.5 Å². The van der Waals surface area contributed by atoms with Crippen molar-refractivity contribution in [2.24, 2.45) is 29.6 Å². The molecule has 4 fully saturated rings. The predicted molar refractivity (Wildman–Crippen MR) is 93.2 cm³/mol. The average molecular weight is 397 g/mol. The molecule has 5 rings (SSSR count). The summed E-state index contributed by atoms with van der Waals surface area (Å²) in [6.07, 6.45) is 0.883. The fourth-order valence-electron chi connectivity index (χ4n) is 5.48. The van der Waals surface area contributed by atoms with Crippen LogP contribution in [-0.2, 0) is 14.3 Å². The summed E-state index contributed by atoms with van der Waals surface area (Å²) < 4.78 is 45.5. The first kappa shape index (κ1) is 19.1. The number of carbonyl (C=O) groups excluding carboxylic acids is 2. The van der Waals surface area contributed by atoms with E-state index in [1.165, 1.54) is 18.6 Å². The van der Waals surface area contributed by atoms with Crippen molar-refractivity contribution in [3.05, 3.63) is 24.3 Å². The van der Waals surface area contributed by atoms with E-state index in [-0.39, 0.29) is 17.6 Å². The van der Waals surface area contributed by atoms with Gasteiger partial charge in [-0.25, -0.2) is 0 Å². The second kappa shape index (κ2) is 7.29. The lowest BCUT2D eigenvalue weighted by Gasteiger charge is -2.53. The molecular formula is C20H22F3NO4. The van der Waals surface area contributed by atoms with Crippen molar-refractivity contribution in [3.63, 3.8) is 0 Å². The fraction of sp³-hybridized carbons (Fsp3) is 0.600. The number of carbonyl (C=O) groups is 2. The van der Waals surface area contributed by atoms with Crippen molar-refractivity contribution in [2.75, 3.05) is 11.9 Å². The minimum atomic E-state index is -4.77. The summed E-state index contributed by atoms with van der Waals surface area (Å²) in [6, 6.07) is 4.78. The molecular weight excluding hydrogens is 375 g/mol. The van der Waals surface area contributed by atoms with Gasteiger partial charge in [0.2, 0.25) is 0 Å². The number of amides is 1. The summed E-state index contributed by atoms with van der Waals surface area (Å²) >= 11 is 0. The Morgan fingerprint density at radius 3 is 2.07 bits per heavy atom. The Labute approximate surface area is 160 Å². The Hall–Kier alpha value is -2.25. The van der Waals surface area contributed by atoms with E-state index in [1.54, 1.807) is 0 Å². The highest BCUT2D eigenvalue weighted by Crippen LogP contribution is 2.56. The molecule has 0 atom stereocenters. The molecule has 5 nitrogen and oxygen atoms in total. The molecule has 4 bridgehead atoms. The highest BCUT2D eigenvalue weighted by atomic mass is 19.4. The minimum absolute atomic E-state index is 0.0978. The number of alkyl halides is 3. The van der Waals surface area contributed by atoms with E-state index in [1.807, 2.05) is 0 Å². The molecule has 0 radical (unpaired) electrons. The number of ether oxygens (including phenoxy) is 2. The first-order valence-electron chi connectivity index (χ1n) is 9.59. The van der Waals surface area contributed by atoms with Crippen molar-refractivity contribution >= 4 is 17.6 Å². The van der Waals surface area contributed by atoms with Gasteiger partial charge >= 0.3 is 12.3 Å². The zero-order valence-corrected chi connectivity index (χ0v) is 15.2. The van der Waals surface area contributed by atoms with E-state index in [9.17, 15) is 22.8 Å². The average Bonchev–Trinajstić information content (AvgIpc) is 2.59. The third-order valence-electron chi connectivity index (χ3n) is 6.22. The maximum Gasteiger partial charge on any atom is 0.573 e. The number of hydrogen-bond donors (Lipinski definition) is 1. The number of halogens is 3. The van der Waals surface area contributed by atoms with Gasteiger partial charge in [-0.05, 0) is 80.0 Å². The molecule has 1 aromatic carbocycles. The molecule has 1 amide bonds. The summed E-state index contributed by atoms with van der Waals surface area (Å²) in [4.78, 5) is 24.6. The van der Waals surface area contributed by atoms with Gasteiger partial charge in [0.05, 0.1) is 5.92 Å². The third-order valence-corrected chi connectivity index (χ3v) is 6.22. The summed E-state index contributed by atoms with van der Waals surface area (Å²) in [7, 11) is 0. The number of esters is 1. The maximum absolute atomic E-state index is 12.5. The van der Waals surface area contributed by atoms with Crippen LogP contribution in [0.3, 0.4) is 0 Å².